The molecule has 54 heavy (non-hydrogen) atoms. The van der Waals surface area contributed by atoms with Crippen molar-refractivity contribution in [1.82, 2.24) is 15.3 Å². The van der Waals surface area contributed by atoms with Crippen LogP contribution in [0.1, 0.15) is 72.9 Å². The number of nitrogens with one attached hydrogen (secondary N) is 3. The highest BCUT2D eigenvalue weighted by Crippen LogP contribution is 2.44. The molecule has 0 bridgehead atoms. The summed E-state index contributed by atoms with van der Waals surface area (Å²) in [5.74, 6) is 0.437. The molecule has 286 valence electrons. The van der Waals surface area contributed by atoms with Crippen molar-refractivity contribution < 1.29 is 24.5 Å². The largest absolute Gasteiger partial charge is 0.506 e. The molecule has 0 unspecified atom stereocenters. The number of phenols is 1. The minimum absolute atomic E-state index is 0. The normalized spacial score (nSPS) is 15.7. The number of nitrogens with zero attached hydrogens (tertiary/aromatic N) is 1. The summed E-state index contributed by atoms with van der Waals surface area (Å²) in [5, 5.41) is 27.6. The van der Waals surface area contributed by atoms with E-state index in [9.17, 15) is 24.6 Å². The first-order valence-corrected chi connectivity index (χ1v) is 17.6. The molecule has 2 aromatic heterocycles. The second kappa shape index (κ2) is 19.4. The van der Waals surface area contributed by atoms with Gasteiger partial charge in [-0.25, -0.2) is 4.79 Å². The van der Waals surface area contributed by atoms with Gasteiger partial charge in [0.25, 0.3) is 0 Å². The Labute approximate surface area is 325 Å². The lowest BCUT2D eigenvalue weighted by molar-refractivity contribution is -0.116. The van der Waals surface area contributed by atoms with Gasteiger partial charge in [0.2, 0.25) is 11.5 Å². The van der Waals surface area contributed by atoms with E-state index >= 15 is 0 Å². The predicted molar refractivity (Wildman–Crippen MR) is 214 cm³/mol. The summed E-state index contributed by atoms with van der Waals surface area (Å²) in [5.41, 5.74) is 17.3. The molecule has 1 fully saturated rings. The lowest BCUT2D eigenvalue weighted by Gasteiger charge is -2.30. The molecule has 0 saturated heterocycles. The monoisotopic (exact) mass is 776 g/mol. The Morgan fingerprint density at radius 2 is 1.72 bits per heavy atom. The summed E-state index contributed by atoms with van der Waals surface area (Å²) in [6, 6.07) is 23.5. The third-order valence-electron chi connectivity index (χ3n) is 9.62. The van der Waals surface area contributed by atoms with Crippen LogP contribution in [0.25, 0.3) is 22.0 Å². The van der Waals surface area contributed by atoms with Crippen LogP contribution in [0.5, 0.6) is 11.5 Å². The molecule has 1 aliphatic carbocycles. The van der Waals surface area contributed by atoms with Gasteiger partial charge in [-0.3, -0.25) is 14.6 Å². The highest BCUT2D eigenvalue weighted by molar-refractivity contribution is 5.90. The number of carbonyl (C=O) groups is 2. The van der Waals surface area contributed by atoms with E-state index in [0.29, 0.717) is 47.5 Å². The van der Waals surface area contributed by atoms with E-state index < -0.39 is 12.2 Å². The zero-order valence-corrected chi connectivity index (χ0v) is 31.3. The quantitative estimate of drug-likeness (QED) is 0.0709. The van der Waals surface area contributed by atoms with Crippen molar-refractivity contribution in [2.75, 3.05) is 11.9 Å². The van der Waals surface area contributed by atoms with E-state index in [-0.39, 0.29) is 72.5 Å². The average molecular weight is 778 g/mol. The highest BCUT2D eigenvalue weighted by Gasteiger charge is 2.28. The number of pyridine rings is 2. The Hall–Kier alpha value is -4.98. The molecule has 1 aliphatic rings. The predicted octanol–water partition coefficient (Wildman–Crippen LogP) is 6.37. The molecule has 5 aromatic rings. The SMILES string of the molecule is Cl.Cl.NC(=O)Oc1c(-c2ccccc2)ccc(CCCC(=O)Nc2ccc(CNC[C@H](O)c3ccc(O)c4[nH]c(=O)ccc34)nc2)c1C1CCC(N)CC1. The number of benzene rings is 3. The molecule has 6 rings (SSSR count). The first kappa shape index (κ1) is 41.8. The molecule has 0 aliphatic heterocycles. The molecule has 1 saturated carbocycles. The van der Waals surface area contributed by atoms with Gasteiger partial charge in [-0.15, -0.1) is 24.8 Å². The molecule has 3 aromatic carbocycles. The van der Waals surface area contributed by atoms with E-state index in [1.165, 1.54) is 12.1 Å². The molecular weight excluding hydrogens is 731 g/mol. The van der Waals surface area contributed by atoms with Crippen LogP contribution in [0.2, 0.25) is 0 Å². The van der Waals surface area contributed by atoms with Gasteiger partial charge in [-0.1, -0.05) is 48.5 Å². The van der Waals surface area contributed by atoms with E-state index in [2.05, 4.69) is 26.7 Å². The number of phenolic OH excluding ortho intramolecular Hbond substituents is 1. The molecule has 12 nitrogen and oxygen atoms in total. The number of aromatic hydroxyl groups is 1. The van der Waals surface area contributed by atoms with Gasteiger partial charge < -0.3 is 42.0 Å². The Kier molecular flexibility index (Phi) is 15.0. The fourth-order valence-corrected chi connectivity index (χ4v) is 7.03. The van der Waals surface area contributed by atoms with Crippen LogP contribution >= 0.6 is 24.8 Å². The third-order valence-corrected chi connectivity index (χ3v) is 9.62. The Morgan fingerprint density at radius 3 is 2.43 bits per heavy atom. The number of H-pyrrole nitrogens is 1. The van der Waals surface area contributed by atoms with Gasteiger partial charge in [0.15, 0.2) is 0 Å². The fourth-order valence-electron chi connectivity index (χ4n) is 7.03. The van der Waals surface area contributed by atoms with Crippen molar-refractivity contribution in [3.05, 3.63) is 118 Å². The zero-order valence-electron chi connectivity index (χ0n) is 29.6. The second-order valence-electron chi connectivity index (χ2n) is 13.3. The number of carbonyl (C=O) groups excluding carboxylic acids is 2. The maximum absolute atomic E-state index is 13.0. The average Bonchev–Trinajstić information content (AvgIpc) is 3.13. The van der Waals surface area contributed by atoms with Crippen molar-refractivity contribution in [1.29, 1.82) is 0 Å². The number of hydrogen-bond donors (Lipinski definition) is 7. The van der Waals surface area contributed by atoms with Crippen LogP contribution in [0.15, 0.2) is 89.9 Å². The summed E-state index contributed by atoms with van der Waals surface area (Å²) in [6.45, 7) is 0.582. The molecule has 0 radical (unpaired) electrons. The van der Waals surface area contributed by atoms with Crippen LogP contribution in [0.3, 0.4) is 0 Å². The van der Waals surface area contributed by atoms with Gasteiger partial charge in [0, 0.05) is 48.1 Å². The van der Waals surface area contributed by atoms with Gasteiger partial charge in [-0.05, 0) is 85.4 Å². The van der Waals surface area contributed by atoms with Crippen molar-refractivity contribution in [3.63, 3.8) is 0 Å². The molecule has 0 spiro atoms. The van der Waals surface area contributed by atoms with Gasteiger partial charge in [0.05, 0.1) is 29.2 Å². The summed E-state index contributed by atoms with van der Waals surface area (Å²) >= 11 is 0. The van der Waals surface area contributed by atoms with Crippen LogP contribution in [-0.4, -0.2) is 44.8 Å². The number of aryl methyl sites for hydroxylation is 1. The molecule has 9 N–H and O–H groups in total. The number of fused-ring (bicyclic) bond motifs is 1. The molecule has 2 amide bonds. The summed E-state index contributed by atoms with van der Waals surface area (Å²) < 4.78 is 5.73. The number of halogens is 2. The Morgan fingerprint density at radius 1 is 0.963 bits per heavy atom. The first-order chi connectivity index (χ1) is 25.2. The molecule has 1 atom stereocenters. The van der Waals surface area contributed by atoms with E-state index in [1.54, 1.807) is 30.5 Å². The smallest absolute Gasteiger partial charge is 0.409 e. The van der Waals surface area contributed by atoms with Crippen molar-refractivity contribution in [2.45, 2.75) is 69.6 Å². The summed E-state index contributed by atoms with van der Waals surface area (Å²) in [4.78, 5) is 43.8. The second-order valence-corrected chi connectivity index (χ2v) is 13.3. The minimum atomic E-state index is -0.895. The number of anilines is 1. The number of aromatic nitrogens is 2. The highest BCUT2D eigenvalue weighted by atomic mass is 35.5. The number of aliphatic hydroxyl groups is 1. The van der Waals surface area contributed by atoms with Crippen LogP contribution in [-0.2, 0) is 17.8 Å². The summed E-state index contributed by atoms with van der Waals surface area (Å²) in [7, 11) is 0. The number of primary amides is 1. The lowest BCUT2D eigenvalue weighted by Crippen LogP contribution is -2.27. The maximum atomic E-state index is 13.0. The number of nitrogens with two attached hydrogens (primary N) is 2. The first-order valence-electron chi connectivity index (χ1n) is 17.6. The van der Waals surface area contributed by atoms with Gasteiger partial charge in [-0.2, -0.15) is 0 Å². The zero-order chi connectivity index (χ0) is 36.6. The number of aliphatic hydroxyl groups excluding tert-OH is 1. The molecule has 2 heterocycles. The summed E-state index contributed by atoms with van der Waals surface area (Å²) in [6.07, 6.45) is 4.82. The molecule has 14 heteroatoms. The number of ether oxygens (including phenoxy) is 1. The van der Waals surface area contributed by atoms with E-state index in [0.717, 1.165) is 47.9 Å². The molecular formula is C40H46Cl2N6O6. The van der Waals surface area contributed by atoms with Crippen molar-refractivity contribution >= 4 is 53.4 Å². The number of hydrogen-bond acceptors (Lipinski definition) is 9. The maximum Gasteiger partial charge on any atom is 0.409 e. The van der Waals surface area contributed by atoms with Crippen LogP contribution < -0.4 is 32.4 Å². The standard InChI is InChI=1S/C40H44N6O6.2ClH/c41-27-12-9-26(10-13-27)37-25(11-16-30(39(37)52-40(42)51)24-5-2-1-3-6-24)7-4-8-35(49)45-29-15-14-28(44-22-29)21-43-23-34(48)31-17-19-33(47)38-32(31)18-20-36(50)46-38;;/h1-3,5-6,11,14-20,22,26-27,34,43,47-48H,4,7-10,12-13,21,23,41H2,(H2,42,51)(H,45,49)(H,46,50);2*1H/t26?,27?,34-;;/m0../s1. The minimum Gasteiger partial charge on any atom is -0.506 e. The van der Waals surface area contributed by atoms with E-state index in [1.807, 2.05) is 36.4 Å². The Balaban J connectivity index is 0.00000325. The topological polar surface area (TPSA) is 206 Å². The number of amides is 2. The third kappa shape index (κ3) is 10.4. The van der Waals surface area contributed by atoms with Crippen LogP contribution in [0.4, 0.5) is 10.5 Å². The van der Waals surface area contributed by atoms with Crippen LogP contribution in [0, 0.1) is 0 Å². The lowest BCUT2D eigenvalue weighted by atomic mass is 9.78. The van der Waals surface area contributed by atoms with Crippen molar-refractivity contribution in [3.8, 4) is 22.6 Å². The van der Waals surface area contributed by atoms with E-state index in [4.69, 9.17) is 16.2 Å². The fraction of sp³-hybridized carbons (Fsp3) is 0.300. The Bertz CT molecular complexity index is 2090. The van der Waals surface area contributed by atoms with Crippen molar-refractivity contribution in [2.24, 2.45) is 11.5 Å². The number of rotatable bonds is 13. The van der Waals surface area contributed by atoms with Gasteiger partial charge in [0.1, 0.15) is 11.5 Å². The number of aromatic amines is 1. The van der Waals surface area contributed by atoms with Gasteiger partial charge >= 0.3 is 6.09 Å².